The highest BCUT2D eigenvalue weighted by Gasteiger charge is 2.36. The summed E-state index contributed by atoms with van der Waals surface area (Å²) in [5.41, 5.74) is 1.15. The second kappa shape index (κ2) is 16.4. The van der Waals surface area contributed by atoms with E-state index in [1.165, 1.54) is 35.2 Å². The van der Waals surface area contributed by atoms with Gasteiger partial charge in [0, 0.05) is 63.0 Å². The number of benzene rings is 3. The van der Waals surface area contributed by atoms with Crippen LogP contribution in [0.2, 0.25) is 25.7 Å². The Morgan fingerprint density at radius 2 is 1.83 bits per heavy atom. The van der Waals surface area contributed by atoms with Gasteiger partial charge in [0.15, 0.2) is 17.4 Å². The van der Waals surface area contributed by atoms with E-state index in [-0.39, 0.29) is 84.0 Å². The van der Waals surface area contributed by atoms with Gasteiger partial charge >= 0.3 is 5.97 Å². The quantitative estimate of drug-likeness (QED) is 0.0495. The number of carbonyl (C=O) groups excluding carboxylic acids is 1. The number of fused-ring (bicyclic) bond motifs is 2. The summed E-state index contributed by atoms with van der Waals surface area (Å²) in [7, 11) is -1.32. The average Bonchev–Trinajstić information content (AvgIpc) is 3.73. The number of esters is 1. The average molecular weight is 773 g/mol. The topological polar surface area (TPSA) is 81.6 Å². The highest BCUT2D eigenvalue weighted by atomic mass is 28.3. The molecule has 0 amide bonds. The van der Waals surface area contributed by atoms with Crippen molar-refractivity contribution in [2.45, 2.75) is 71.1 Å². The third-order valence-electron chi connectivity index (χ3n) is 9.33. The molecule has 5 aromatic rings. The molecule has 15 heteroatoms. The first-order valence-electron chi connectivity index (χ1n) is 17.8. The van der Waals surface area contributed by atoms with Gasteiger partial charge in [-0.1, -0.05) is 37.8 Å². The van der Waals surface area contributed by atoms with Gasteiger partial charge in [0.1, 0.15) is 29.9 Å². The Morgan fingerprint density at radius 1 is 1.04 bits per heavy atom. The van der Waals surface area contributed by atoms with E-state index in [0.717, 1.165) is 18.2 Å². The van der Waals surface area contributed by atoms with Crippen molar-refractivity contribution >= 4 is 24.9 Å². The van der Waals surface area contributed by atoms with Crippen molar-refractivity contribution < 1.29 is 45.3 Å². The van der Waals surface area contributed by atoms with E-state index in [2.05, 4.69) is 29.6 Å². The number of ether oxygens (including phenoxy) is 3. The van der Waals surface area contributed by atoms with Crippen LogP contribution in [0.25, 0.3) is 22.3 Å². The minimum Gasteiger partial charge on any atom is -0.466 e. The summed E-state index contributed by atoms with van der Waals surface area (Å²) in [4.78, 5) is 21.0. The van der Waals surface area contributed by atoms with Crippen molar-refractivity contribution in [1.29, 1.82) is 0 Å². The van der Waals surface area contributed by atoms with E-state index in [4.69, 9.17) is 14.2 Å². The molecule has 1 aliphatic rings. The summed E-state index contributed by atoms with van der Waals surface area (Å²) < 4.78 is 108. The van der Waals surface area contributed by atoms with Gasteiger partial charge in [0.2, 0.25) is 0 Å². The molecule has 1 N–H and O–H groups in total. The third kappa shape index (κ3) is 8.68. The molecular weight excluding hydrogens is 731 g/mol. The fourth-order valence-corrected chi connectivity index (χ4v) is 7.33. The molecular formula is C39H42F6N4O4Si. The van der Waals surface area contributed by atoms with Gasteiger partial charge in [-0.25, -0.2) is 31.3 Å². The maximum Gasteiger partial charge on any atom is 0.306 e. The van der Waals surface area contributed by atoms with Crippen LogP contribution in [0.3, 0.4) is 0 Å². The second-order valence-corrected chi connectivity index (χ2v) is 20.0. The number of aromatic nitrogens is 3. The lowest BCUT2D eigenvalue weighted by atomic mass is 9.93. The smallest absolute Gasteiger partial charge is 0.306 e. The van der Waals surface area contributed by atoms with Crippen LogP contribution in [0, 0.1) is 23.3 Å². The van der Waals surface area contributed by atoms with Gasteiger partial charge in [-0.3, -0.25) is 9.69 Å². The number of imidazole rings is 1. The first kappa shape index (κ1) is 39.1. The van der Waals surface area contributed by atoms with Crippen molar-refractivity contribution in [3.63, 3.8) is 0 Å². The maximum absolute atomic E-state index is 16.1. The maximum atomic E-state index is 16.1. The van der Waals surface area contributed by atoms with Gasteiger partial charge in [-0.2, -0.15) is 0 Å². The van der Waals surface area contributed by atoms with Crippen LogP contribution in [-0.2, 0) is 33.8 Å². The van der Waals surface area contributed by atoms with Crippen LogP contribution < -0.4 is 4.74 Å². The van der Waals surface area contributed by atoms with Crippen LogP contribution in [0.1, 0.15) is 41.9 Å². The number of rotatable bonds is 15. The lowest BCUT2D eigenvalue weighted by Crippen LogP contribution is -2.39. The van der Waals surface area contributed by atoms with Crippen molar-refractivity contribution in [2.75, 3.05) is 26.3 Å². The predicted octanol–water partition coefficient (Wildman–Crippen LogP) is 9.40. The molecule has 1 unspecified atom stereocenters. The largest absolute Gasteiger partial charge is 0.466 e. The number of nitrogens with one attached hydrogen (secondary N) is 1. The van der Waals surface area contributed by atoms with Crippen molar-refractivity contribution in [2.24, 2.45) is 0 Å². The Labute approximate surface area is 310 Å². The van der Waals surface area contributed by atoms with Crippen LogP contribution in [-0.4, -0.2) is 66.2 Å². The molecule has 54 heavy (non-hydrogen) atoms. The Kier molecular flexibility index (Phi) is 11.9. The summed E-state index contributed by atoms with van der Waals surface area (Å²) in [5, 5.41) is 0.109. The number of aryl methyl sites for hydroxylation is 1. The van der Waals surface area contributed by atoms with E-state index in [1.54, 1.807) is 23.8 Å². The lowest BCUT2D eigenvalue weighted by Gasteiger charge is -2.35. The summed E-state index contributed by atoms with van der Waals surface area (Å²) >= 11 is 0. The van der Waals surface area contributed by atoms with Crippen molar-refractivity contribution in [3.05, 3.63) is 101 Å². The number of hydrogen-bond donors (Lipinski definition) is 1. The number of hydrogen-bond acceptors (Lipinski definition) is 6. The van der Waals surface area contributed by atoms with E-state index >= 15 is 17.6 Å². The zero-order chi connectivity index (χ0) is 38.7. The molecule has 0 fully saturated rings. The molecule has 0 saturated carbocycles. The van der Waals surface area contributed by atoms with E-state index in [9.17, 15) is 13.6 Å². The van der Waals surface area contributed by atoms with Gasteiger partial charge in [-0.05, 0) is 49.2 Å². The Morgan fingerprint density at radius 3 is 2.57 bits per heavy atom. The fourth-order valence-electron chi connectivity index (χ4n) is 6.57. The Hall–Kier alpha value is -4.60. The number of nitrogens with zero attached hydrogens (tertiary/aromatic N) is 3. The minimum atomic E-state index is -2.74. The van der Waals surface area contributed by atoms with Gasteiger partial charge in [-0.15, -0.1) is 0 Å². The second-order valence-electron chi connectivity index (χ2n) is 14.4. The first-order valence-corrected chi connectivity index (χ1v) is 21.5. The van der Waals surface area contributed by atoms with Crippen LogP contribution in [0.4, 0.5) is 26.3 Å². The molecule has 0 spiro atoms. The minimum absolute atomic E-state index is 0.00618. The van der Waals surface area contributed by atoms with Crippen LogP contribution >= 0.6 is 0 Å². The van der Waals surface area contributed by atoms with Crippen LogP contribution in [0.5, 0.6) is 11.5 Å². The fraction of sp³-hybridized carbons (Fsp3) is 0.385. The summed E-state index contributed by atoms with van der Waals surface area (Å²) in [5.74, 6) is -4.62. The van der Waals surface area contributed by atoms with E-state index in [0.29, 0.717) is 12.3 Å². The third-order valence-corrected chi connectivity index (χ3v) is 11.0. The van der Waals surface area contributed by atoms with Gasteiger partial charge < -0.3 is 23.8 Å². The molecule has 0 saturated heterocycles. The van der Waals surface area contributed by atoms with Gasteiger partial charge in [0.05, 0.1) is 36.0 Å². The zero-order valence-electron chi connectivity index (χ0n) is 30.5. The number of carbonyl (C=O) groups is 1. The number of halogens is 6. The van der Waals surface area contributed by atoms with Gasteiger partial charge in [0.25, 0.3) is 6.43 Å². The monoisotopic (exact) mass is 772 g/mol. The predicted molar refractivity (Wildman–Crippen MR) is 194 cm³/mol. The molecule has 3 aromatic carbocycles. The molecule has 0 bridgehead atoms. The summed E-state index contributed by atoms with van der Waals surface area (Å²) in [6.07, 6.45) is -0.948. The molecule has 288 valence electrons. The molecule has 0 aliphatic carbocycles. The number of H-pyrrole nitrogens is 1. The molecule has 0 radical (unpaired) electrons. The Balaban J connectivity index is 1.29. The zero-order valence-corrected chi connectivity index (χ0v) is 31.5. The van der Waals surface area contributed by atoms with E-state index < -0.39 is 62.1 Å². The SMILES string of the molecule is CCOC(=O)CCc1cccc(C2c3nc(-c4cc(Oc5c(F)cc6c(ccn6COCC[Si](C)(C)C)c5F)ccc4F)[nH]c3CCN2CC(F)F)c1F. The molecule has 6 rings (SSSR count). The van der Waals surface area contributed by atoms with Crippen molar-refractivity contribution in [1.82, 2.24) is 19.4 Å². The highest BCUT2D eigenvalue weighted by molar-refractivity contribution is 6.76. The molecule has 1 aliphatic heterocycles. The van der Waals surface area contributed by atoms with Crippen molar-refractivity contribution in [3.8, 4) is 22.9 Å². The normalized spacial score (nSPS) is 14.9. The van der Waals surface area contributed by atoms with E-state index in [1.807, 2.05) is 0 Å². The number of alkyl halides is 2. The lowest BCUT2D eigenvalue weighted by molar-refractivity contribution is -0.143. The number of aromatic amines is 1. The first-order chi connectivity index (χ1) is 25.7. The molecule has 2 aromatic heterocycles. The van der Waals surface area contributed by atoms with Crippen LogP contribution in [0.15, 0.2) is 54.7 Å². The Bertz CT molecular complexity index is 2130. The standard InChI is InChI=1S/C39H42F6N4O4Si/c1-5-52-33(50)12-9-23-7-6-8-26(34(23)44)37-36-30(14-16-48(37)21-32(42)43)46-39(47-36)27-19-24(10-11-28(27)40)53-38-29(41)20-31-25(35(38)45)13-15-49(31)22-51-17-18-54(2,3)4/h6-8,10-11,13,15,19-20,32,37H,5,9,12,14,16-18,21-22H2,1-4H3,(H,46,47). The molecule has 1 atom stereocenters. The molecule has 8 nitrogen and oxygen atoms in total. The highest BCUT2D eigenvalue weighted by Crippen LogP contribution is 2.40. The summed E-state index contributed by atoms with van der Waals surface area (Å²) in [6.45, 7) is 8.62. The summed E-state index contributed by atoms with van der Waals surface area (Å²) in [6, 6.07) is 10.6. The molecule has 3 heterocycles.